The zero-order valence-electron chi connectivity index (χ0n) is 54.5. The van der Waals surface area contributed by atoms with E-state index < -0.39 is 97.5 Å². The molecule has 0 rings (SSSR count). The maximum Gasteiger partial charge on any atom is 0.472 e. The molecule has 0 saturated heterocycles. The quantitative estimate of drug-likeness (QED) is 0.0222. The molecule has 0 radical (unpaired) electrons. The highest BCUT2D eigenvalue weighted by molar-refractivity contribution is 7.47. The molecule has 0 bridgehead atoms. The van der Waals surface area contributed by atoms with Gasteiger partial charge in [-0.2, -0.15) is 0 Å². The first-order chi connectivity index (χ1) is 40.1. The third kappa shape index (κ3) is 59.0. The van der Waals surface area contributed by atoms with E-state index in [1.807, 2.05) is 0 Å². The van der Waals surface area contributed by atoms with Crippen molar-refractivity contribution in [3.8, 4) is 0 Å². The average molecular weight is 1240 g/mol. The molecular formula is C65H126O17P2. The fourth-order valence-electron chi connectivity index (χ4n) is 9.61. The highest BCUT2D eigenvalue weighted by Gasteiger charge is 2.30. The van der Waals surface area contributed by atoms with Gasteiger partial charge in [-0.05, 0) is 49.4 Å². The van der Waals surface area contributed by atoms with Crippen molar-refractivity contribution in [3.63, 3.8) is 0 Å². The molecule has 0 saturated carbocycles. The van der Waals surface area contributed by atoms with Crippen molar-refractivity contribution in [2.24, 2.45) is 23.7 Å². The van der Waals surface area contributed by atoms with Crippen LogP contribution in [0.15, 0.2) is 0 Å². The molecule has 0 fully saturated rings. The lowest BCUT2D eigenvalue weighted by atomic mass is 10.0. The number of phosphoric ester groups is 2. The lowest BCUT2D eigenvalue weighted by molar-refractivity contribution is -0.161. The first-order valence-corrected chi connectivity index (χ1v) is 36.7. The topological polar surface area (TPSA) is 237 Å². The van der Waals surface area contributed by atoms with Crippen LogP contribution in [0.4, 0.5) is 0 Å². The van der Waals surface area contributed by atoms with Gasteiger partial charge in [-0.1, -0.05) is 261 Å². The molecule has 2 unspecified atom stereocenters. The summed E-state index contributed by atoms with van der Waals surface area (Å²) >= 11 is 0. The number of unbranched alkanes of at least 4 members (excludes halogenated alkanes) is 28. The van der Waals surface area contributed by atoms with Crippen LogP contribution in [0.5, 0.6) is 0 Å². The number of carbonyl (C=O) groups is 4. The van der Waals surface area contributed by atoms with Crippen LogP contribution in [0.25, 0.3) is 0 Å². The van der Waals surface area contributed by atoms with Crippen LogP contribution in [0, 0.1) is 23.7 Å². The van der Waals surface area contributed by atoms with Gasteiger partial charge in [0, 0.05) is 25.7 Å². The summed E-state index contributed by atoms with van der Waals surface area (Å²) in [6.07, 6.45) is 35.1. The Bertz CT molecular complexity index is 1680. The predicted octanol–water partition coefficient (Wildman–Crippen LogP) is 17.8. The van der Waals surface area contributed by atoms with Gasteiger partial charge >= 0.3 is 39.5 Å². The van der Waals surface area contributed by atoms with Gasteiger partial charge in [-0.25, -0.2) is 9.13 Å². The van der Waals surface area contributed by atoms with Crippen molar-refractivity contribution in [3.05, 3.63) is 0 Å². The Kier molecular flexibility index (Phi) is 53.9. The molecule has 0 aliphatic rings. The van der Waals surface area contributed by atoms with Crippen LogP contribution in [0.3, 0.4) is 0 Å². The van der Waals surface area contributed by atoms with E-state index in [4.69, 9.17) is 37.0 Å². The number of hydrogen-bond donors (Lipinski definition) is 3. The van der Waals surface area contributed by atoms with Crippen molar-refractivity contribution in [1.82, 2.24) is 0 Å². The Labute approximate surface area is 511 Å². The molecule has 0 aromatic carbocycles. The Morgan fingerprint density at radius 1 is 0.298 bits per heavy atom. The minimum atomic E-state index is -4.95. The number of hydrogen-bond acceptors (Lipinski definition) is 15. The van der Waals surface area contributed by atoms with Gasteiger partial charge in [0.25, 0.3) is 0 Å². The Balaban J connectivity index is 5.24. The molecule has 0 aromatic heterocycles. The van der Waals surface area contributed by atoms with Crippen LogP contribution in [-0.2, 0) is 65.4 Å². The Hall–Kier alpha value is -1.94. The molecular weight excluding hydrogens is 1110 g/mol. The van der Waals surface area contributed by atoms with Crippen LogP contribution in [0.2, 0.25) is 0 Å². The van der Waals surface area contributed by atoms with E-state index in [0.29, 0.717) is 37.5 Å². The minimum absolute atomic E-state index is 0.100. The predicted molar refractivity (Wildman–Crippen MR) is 335 cm³/mol. The molecule has 0 aromatic rings. The maximum absolute atomic E-state index is 13.0. The third-order valence-electron chi connectivity index (χ3n) is 14.8. The first-order valence-electron chi connectivity index (χ1n) is 33.7. The average Bonchev–Trinajstić information content (AvgIpc) is 3.45. The number of esters is 4. The SMILES string of the molecule is CC(C)CCCCCCCCCCCCCC(=O)O[C@H](COC(=O)CCCCCCCCCCCC(C)C)COP(=O)(O)OC[C@@H](O)COP(=O)(O)OC[C@@H](COC(=O)CCCCCCCCC(C)C)OC(=O)CCCCCCCCC(C)C. The summed E-state index contributed by atoms with van der Waals surface area (Å²) in [6.45, 7) is 13.9. The normalized spacial score (nSPS) is 14.4. The van der Waals surface area contributed by atoms with Gasteiger partial charge in [-0.3, -0.25) is 37.3 Å². The molecule has 84 heavy (non-hydrogen) atoms. The largest absolute Gasteiger partial charge is 0.472 e. The van der Waals surface area contributed by atoms with Crippen molar-refractivity contribution in [2.75, 3.05) is 39.6 Å². The van der Waals surface area contributed by atoms with E-state index in [1.165, 1.54) is 109 Å². The summed E-state index contributed by atoms with van der Waals surface area (Å²) in [7, 11) is -9.89. The zero-order valence-corrected chi connectivity index (χ0v) is 56.3. The lowest BCUT2D eigenvalue weighted by Gasteiger charge is -2.21. The molecule has 3 N–H and O–H groups in total. The summed E-state index contributed by atoms with van der Waals surface area (Å²) < 4.78 is 68.0. The van der Waals surface area contributed by atoms with E-state index >= 15 is 0 Å². The van der Waals surface area contributed by atoms with Gasteiger partial charge in [0.05, 0.1) is 26.4 Å². The summed E-state index contributed by atoms with van der Waals surface area (Å²) in [6, 6.07) is 0. The molecule has 0 spiro atoms. The van der Waals surface area contributed by atoms with E-state index in [2.05, 4.69) is 55.4 Å². The fraction of sp³-hybridized carbons (Fsp3) is 0.938. The van der Waals surface area contributed by atoms with Gasteiger partial charge in [0.2, 0.25) is 0 Å². The van der Waals surface area contributed by atoms with Gasteiger partial charge < -0.3 is 33.8 Å². The number of phosphoric acid groups is 2. The molecule has 498 valence electrons. The summed E-state index contributed by atoms with van der Waals surface area (Å²) in [4.78, 5) is 72.2. The number of aliphatic hydroxyl groups is 1. The second-order valence-electron chi connectivity index (χ2n) is 25.4. The molecule has 19 heteroatoms. The van der Waals surface area contributed by atoms with E-state index in [1.54, 1.807) is 0 Å². The Morgan fingerprint density at radius 3 is 0.738 bits per heavy atom. The number of ether oxygens (including phenoxy) is 4. The second kappa shape index (κ2) is 55.2. The highest BCUT2D eigenvalue weighted by atomic mass is 31.2. The number of rotatable bonds is 62. The highest BCUT2D eigenvalue weighted by Crippen LogP contribution is 2.45. The molecule has 17 nitrogen and oxygen atoms in total. The van der Waals surface area contributed by atoms with E-state index in [0.717, 1.165) is 108 Å². The summed E-state index contributed by atoms with van der Waals surface area (Å²) in [5.41, 5.74) is 0. The summed E-state index contributed by atoms with van der Waals surface area (Å²) in [5, 5.41) is 10.5. The fourth-order valence-corrected chi connectivity index (χ4v) is 11.2. The standard InChI is InChI=1S/C65H126O17P2/c1-55(2)41-33-25-17-13-10-9-11-15-20-31-39-47-64(69)81-60(51-75-62(67)45-37-29-19-16-12-14-18-26-34-42-56(3)4)53-79-83(71,72)77-49-59(66)50-78-84(73,74)80-54-61(82-65(70)48-40-32-24-22-28-36-44-58(7)8)52-76-63(68)46-38-30-23-21-27-35-43-57(5)6/h55-61,66H,9-54H2,1-8H3,(H,71,72)(H,73,74)/t59-,60-,61-/m1/s1. The lowest BCUT2D eigenvalue weighted by Crippen LogP contribution is -2.30. The van der Waals surface area contributed by atoms with Crippen molar-refractivity contribution >= 4 is 39.5 Å². The first kappa shape index (κ1) is 82.1. The zero-order chi connectivity index (χ0) is 62.5. The minimum Gasteiger partial charge on any atom is -0.462 e. The molecule has 0 aliphatic carbocycles. The number of carbonyl (C=O) groups excluding carboxylic acids is 4. The van der Waals surface area contributed by atoms with Crippen LogP contribution in [0.1, 0.15) is 312 Å². The monoisotopic (exact) mass is 1240 g/mol. The van der Waals surface area contributed by atoms with Crippen molar-refractivity contribution < 1.29 is 80.2 Å². The van der Waals surface area contributed by atoms with E-state index in [9.17, 15) is 43.2 Å². The smallest absolute Gasteiger partial charge is 0.462 e. The third-order valence-corrected chi connectivity index (χ3v) is 16.7. The van der Waals surface area contributed by atoms with Gasteiger partial charge in [0.1, 0.15) is 19.3 Å². The van der Waals surface area contributed by atoms with Crippen molar-refractivity contribution in [2.45, 2.75) is 331 Å². The summed E-state index contributed by atoms with van der Waals surface area (Å²) in [5.74, 6) is 0.716. The van der Waals surface area contributed by atoms with Crippen LogP contribution < -0.4 is 0 Å². The molecule has 5 atom stereocenters. The number of aliphatic hydroxyl groups excluding tert-OH is 1. The molecule has 0 aliphatic heterocycles. The van der Waals surface area contributed by atoms with E-state index in [-0.39, 0.29) is 25.7 Å². The van der Waals surface area contributed by atoms with Crippen LogP contribution in [-0.4, -0.2) is 96.7 Å². The van der Waals surface area contributed by atoms with Gasteiger partial charge in [-0.15, -0.1) is 0 Å². The molecule has 0 amide bonds. The van der Waals surface area contributed by atoms with Crippen LogP contribution >= 0.6 is 15.6 Å². The molecule has 0 heterocycles. The second-order valence-corrected chi connectivity index (χ2v) is 28.3. The Morgan fingerprint density at radius 2 is 0.500 bits per heavy atom. The van der Waals surface area contributed by atoms with Gasteiger partial charge in [0.15, 0.2) is 12.2 Å². The van der Waals surface area contributed by atoms with Crippen molar-refractivity contribution in [1.29, 1.82) is 0 Å². The maximum atomic E-state index is 13.0.